The molecule has 0 spiro atoms. The van der Waals surface area contributed by atoms with Crippen molar-refractivity contribution in [1.29, 1.82) is 0 Å². The van der Waals surface area contributed by atoms with Gasteiger partial charge in [-0.2, -0.15) is 13.9 Å². The van der Waals surface area contributed by atoms with Crippen molar-refractivity contribution in [2.75, 3.05) is 0 Å². The highest BCUT2D eigenvalue weighted by Crippen LogP contribution is 2.39. The van der Waals surface area contributed by atoms with Crippen LogP contribution >= 0.6 is 0 Å². The van der Waals surface area contributed by atoms with E-state index in [9.17, 15) is 13.6 Å². The Morgan fingerprint density at radius 2 is 2.08 bits per heavy atom. The molecule has 0 radical (unpaired) electrons. The van der Waals surface area contributed by atoms with Crippen molar-refractivity contribution in [3.8, 4) is 16.9 Å². The van der Waals surface area contributed by atoms with E-state index in [-0.39, 0.29) is 11.5 Å². The van der Waals surface area contributed by atoms with E-state index < -0.39 is 6.61 Å². The molecule has 1 aliphatic rings. The molecule has 2 aromatic carbocycles. The van der Waals surface area contributed by atoms with Crippen LogP contribution in [-0.4, -0.2) is 22.2 Å². The summed E-state index contributed by atoms with van der Waals surface area (Å²) in [5.41, 5.74) is 2.70. The number of ketones is 1. The summed E-state index contributed by atoms with van der Waals surface area (Å²) in [7, 11) is 0. The number of carbonyl (C=O) groups excluding carboxylic acids is 1. The van der Waals surface area contributed by atoms with E-state index in [0.717, 1.165) is 29.4 Å². The second kappa shape index (κ2) is 5.95. The predicted molar refractivity (Wildman–Crippen MR) is 90.1 cm³/mol. The Kier molecular flexibility index (Phi) is 3.75. The van der Waals surface area contributed by atoms with Crippen molar-refractivity contribution in [3.05, 3.63) is 48.2 Å². The fourth-order valence-corrected chi connectivity index (χ4v) is 2.97. The maximum absolute atomic E-state index is 12.7. The Balaban J connectivity index is 1.89. The number of benzene rings is 2. The number of hydrogen-bond donors (Lipinski definition) is 0. The second-order valence-corrected chi connectivity index (χ2v) is 6.23. The summed E-state index contributed by atoms with van der Waals surface area (Å²) in [5, 5.41) is 5.20. The lowest BCUT2D eigenvalue weighted by molar-refractivity contribution is -0.0489. The monoisotopic (exact) mass is 342 g/mol. The summed E-state index contributed by atoms with van der Waals surface area (Å²) < 4.78 is 31.8. The molecule has 1 saturated carbocycles. The minimum atomic E-state index is -2.90. The highest BCUT2D eigenvalue weighted by molar-refractivity contribution is 6.00. The molecule has 1 fully saturated rings. The number of hydrogen-bond acceptors (Lipinski definition) is 3. The molecule has 0 aliphatic heterocycles. The van der Waals surface area contributed by atoms with Gasteiger partial charge in [0.1, 0.15) is 5.52 Å². The van der Waals surface area contributed by atoms with Gasteiger partial charge in [-0.15, -0.1) is 0 Å². The van der Waals surface area contributed by atoms with Gasteiger partial charge in [0, 0.05) is 17.1 Å². The molecule has 6 heteroatoms. The highest BCUT2D eigenvalue weighted by atomic mass is 19.3. The minimum absolute atomic E-state index is 0.0237. The van der Waals surface area contributed by atoms with Crippen molar-refractivity contribution < 1.29 is 18.3 Å². The Labute approximate surface area is 143 Å². The van der Waals surface area contributed by atoms with Crippen molar-refractivity contribution in [2.45, 2.75) is 32.4 Å². The summed E-state index contributed by atoms with van der Waals surface area (Å²) in [5.74, 6) is 0.0419. The molecule has 1 heterocycles. The maximum atomic E-state index is 12.7. The van der Waals surface area contributed by atoms with Crippen LogP contribution in [-0.2, 0) is 0 Å². The number of alkyl halides is 2. The lowest BCUT2D eigenvalue weighted by Crippen LogP contribution is -2.03. The topological polar surface area (TPSA) is 44.1 Å². The van der Waals surface area contributed by atoms with Gasteiger partial charge in [0.2, 0.25) is 0 Å². The molecule has 0 saturated heterocycles. The first-order chi connectivity index (χ1) is 12.0. The largest absolute Gasteiger partial charge is 0.432 e. The van der Waals surface area contributed by atoms with Gasteiger partial charge in [-0.1, -0.05) is 18.2 Å². The van der Waals surface area contributed by atoms with Crippen LogP contribution in [0.2, 0.25) is 0 Å². The van der Waals surface area contributed by atoms with Crippen LogP contribution in [0, 0.1) is 0 Å². The third-order valence-corrected chi connectivity index (χ3v) is 4.37. The number of halogens is 2. The van der Waals surface area contributed by atoms with Crippen LogP contribution in [0.5, 0.6) is 5.75 Å². The van der Waals surface area contributed by atoms with Gasteiger partial charge in [-0.05, 0) is 49.1 Å². The molecule has 1 aliphatic carbocycles. The van der Waals surface area contributed by atoms with Gasteiger partial charge >= 0.3 is 6.61 Å². The Morgan fingerprint density at radius 3 is 2.76 bits per heavy atom. The maximum Gasteiger partial charge on any atom is 0.387 e. The van der Waals surface area contributed by atoms with E-state index in [1.807, 2.05) is 23.0 Å². The van der Waals surface area contributed by atoms with Crippen molar-refractivity contribution in [3.63, 3.8) is 0 Å². The smallest absolute Gasteiger partial charge is 0.387 e. The van der Waals surface area contributed by atoms with Crippen LogP contribution in [0.4, 0.5) is 8.78 Å². The van der Waals surface area contributed by atoms with E-state index in [1.165, 1.54) is 13.0 Å². The van der Waals surface area contributed by atoms with Crippen molar-refractivity contribution in [2.24, 2.45) is 0 Å². The molecule has 128 valence electrons. The van der Waals surface area contributed by atoms with Gasteiger partial charge < -0.3 is 4.74 Å². The molecule has 0 unspecified atom stereocenters. The molecular formula is C19H16F2N2O2. The van der Waals surface area contributed by atoms with E-state index >= 15 is 0 Å². The van der Waals surface area contributed by atoms with Gasteiger partial charge in [-0.3, -0.25) is 9.48 Å². The third-order valence-electron chi connectivity index (χ3n) is 4.37. The molecule has 0 amide bonds. The molecule has 0 atom stereocenters. The van der Waals surface area contributed by atoms with Gasteiger partial charge in [0.15, 0.2) is 11.5 Å². The quantitative estimate of drug-likeness (QED) is 0.623. The molecule has 0 N–H and O–H groups in total. The third kappa shape index (κ3) is 2.99. The lowest BCUT2D eigenvalue weighted by Gasteiger charge is -2.09. The first kappa shape index (κ1) is 15.7. The van der Waals surface area contributed by atoms with Crippen LogP contribution in [0.3, 0.4) is 0 Å². The molecule has 4 nitrogen and oxygen atoms in total. The second-order valence-electron chi connectivity index (χ2n) is 6.23. The summed E-state index contributed by atoms with van der Waals surface area (Å²) in [6.45, 7) is -1.39. The van der Waals surface area contributed by atoms with Crippen LogP contribution in [0.15, 0.2) is 42.6 Å². The van der Waals surface area contributed by atoms with Crippen LogP contribution < -0.4 is 4.74 Å². The fourth-order valence-electron chi connectivity index (χ4n) is 2.97. The number of ether oxygens (including phenoxy) is 1. The van der Waals surface area contributed by atoms with E-state index in [4.69, 9.17) is 0 Å². The number of nitrogens with zero attached hydrogens (tertiary/aromatic N) is 2. The molecule has 1 aromatic heterocycles. The van der Waals surface area contributed by atoms with E-state index in [1.54, 1.807) is 18.2 Å². The zero-order valence-corrected chi connectivity index (χ0v) is 13.6. The number of rotatable bonds is 5. The molecule has 25 heavy (non-hydrogen) atoms. The van der Waals surface area contributed by atoms with Gasteiger partial charge in [0.05, 0.1) is 6.04 Å². The lowest BCUT2D eigenvalue weighted by atomic mass is 9.99. The molecule has 3 aromatic rings. The minimum Gasteiger partial charge on any atom is -0.432 e. The SMILES string of the molecule is CC(=O)c1cccc(-c2ccc(OC(F)F)c3nn(C4CC4)cc23)c1. The first-order valence-corrected chi connectivity index (χ1v) is 8.11. The summed E-state index contributed by atoms with van der Waals surface area (Å²) in [4.78, 5) is 11.6. The van der Waals surface area contributed by atoms with E-state index in [2.05, 4.69) is 9.84 Å². The zero-order chi connectivity index (χ0) is 17.6. The van der Waals surface area contributed by atoms with E-state index in [0.29, 0.717) is 17.1 Å². The Bertz CT molecular complexity index is 961. The number of carbonyl (C=O) groups is 1. The molecule has 0 bridgehead atoms. The van der Waals surface area contributed by atoms with Gasteiger partial charge in [-0.25, -0.2) is 0 Å². The average molecular weight is 342 g/mol. The standard InChI is InChI=1S/C19H16F2N2O2/c1-11(24)12-3-2-4-13(9-12)15-7-8-17(25-19(20)21)18-16(15)10-23(22-18)14-5-6-14/h2-4,7-10,14,19H,5-6H2,1H3. The fraction of sp³-hybridized carbons (Fsp3) is 0.263. The number of aromatic nitrogens is 2. The molecule has 4 rings (SSSR count). The Morgan fingerprint density at radius 1 is 1.28 bits per heavy atom. The number of fused-ring (bicyclic) bond motifs is 1. The van der Waals surface area contributed by atoms with Crippen LogP contribution in [0.25, 0.3) is 22.0 Å². The van der Waals surface area contributed by atoms with Crippen molar-refractivity contribution in [1.82, 2.24) is 9.78 Å². The Hall–Kier alpha value is -2.76. The normalized spacial score (nSPS) is 14.2. The van der Waals surface area contributed by atoms with Crippen molar-refractivity contribution >= 4 is 16.7 Å². The number of Topliss-reactive ketones (excluding diaryl/α,β-unsaturated/α-hetero) is 1. The summed E-state index contributed by atoms with van der Waals surface area (Å²) >= 11 is 0. The predicted octanol–water partition coefficient (Wildman–Crippen LogP) is 4.84. The zero-order valence-electron chi connectivity index (χ0n) is 13.6. The highest BCUT2D eigenvalue weighted by Gasteiger charge is 2.26. The average Bonchev–Trinajstić information content (AvgIpc) is 3.33. The molecular weight excluding hydrogens is 326 g/mol. The first-order valence-electron chi connectivity index (χ1n) is 8.11. The van der Waals surface area contributed by atoms with Gasteiger partial charge in [0.25, 0.3) is 0 Å². The van der Waals surface area contributed by atoms with Crippen LogP contribution in [0.1, 0.15) is 36.2 Å². The summed E-state index contributed by atoms with van der Waals surface area (Å²) in [6.07, 6.45) is 3.95. The summed E-state index contributed by atoms with van der Waals surface area (Å²) in [6, 6.07) is 10.8.